The molecule has 102 valence electrons. The molecule has 7 heteroatoms. The predicted molar refractivity (Wildman–Crippen MR) is 73.3 cm³/mol. The van der Waals surface area contributed by atoms with Crippen LogP contribution in [0.25, 0.3) is 0 Å². The minimum atomic E-state index is -3.17. The predicted octanol–water partition coefficient (Wildman–Crippen LogP) is 1.57. The molecule has 0 aliphatic heterocycles. The smallest absolute Gasteiger partial charge is 0.214 e. The van der Waals surface area contributed by atoms with Crippen LogP contribution in [-0.2, 0) is 16.6 Å². The lowest BCUT2D eigenvalue weighted by atomic mass is 10.2. The molecule has 1 aromatic carbocycles. The summed E-state index contributed by atoms with van der Waals surface area (Å²) >= 11 is 3.10. The van der Waals surface area contributed by atoms with Crippen molar-refractivity contribution >= 4 is 26.0 Å². The van der Waals surface area contributed by atoms with Crippen LogP contribution in [0, 0.1) is 5.82 Å². The van der Waals surface area contributed by atoms with Gasteiger partial charge in [0, 0.05) is 27.2 Å². The summed E-state index contributed by atoms with van der Waals surface area (Å²) in [6.07, 6.45) is 0. The van der Waals surface area contributed by atoms with Gasteiger partial charge in [0.05, 0.1) is 10.2 Å². The topological polar surface area (TPSA) is 49.4 Å². The van der Waals surface area contributed by atoms with E-state index in [0.29, 0.717) is 17.6 Å². The molecule has 0 saturated carbocycles. The average molecular weight is 339 g/mol. The Morgan fingerprint density at radius 3 is 2.61 bits per heavy atom. The SMILES string of the molecule is CN(C)S(=O)(=O)CCNCc1ccc(F)c(Br)c1. The molecule has 0 atom stereocenters. The molecule has 0 aromatic heterocycles. The number of hydrogen-bond acceptors (Lipinski definition) is 3. The number of benzene rings is 1. The number of hydrogen-bond donors (Lipinski definition) is 1. The molecular formula is C11H16BrFN2O2S. The maximum atomic E-state index is 13.0. The van der Waals surface area contributed by atoms with Crippen molar-refractivity contribution in [2.24, 2.45) is 0 Å². The van der Waals surface area contributed by atoms with Gasteiger partial charge in [-0.25, -0.2) is 17.1 Å². The highest BCUT2D eigenvalue weighted by molar-refractivity contribution is 9.10. The first kappa shape index (κ1) is 15.6. The second kappa shape index (κ2) is 6.60. The molecule has 1 rings (SSSR count). The first-order chi connectivity index (χ1) is 8.33. The van der Waals surface area contributed by atoms with Gasteiger partial charge in [-0.05, 0) is 33.6 Å². The summed E-state index contributed by atoms with van der Waals surface area (Å²) in [4.78, 5) is 0. The first-order valence-electron chi connectivity index (χ1n) is 5.38. The third-order valence-electron chi connectivity index (χ3n) is 2.41. The van der Waals surface area contributed by atoms with Gasteiger partial charge in [0.1, 0.15) is 5.82 Å². The van der Waals surface area contributed by atoms with Crippen molar-refractivity contribution < 1.29 is 12.8 Å². The summed E-state index contributed by atoms with van der Waals surface area (Å²) in [5, 5.41) is 3.01. The van der Waals surface area contributed by atoms with E-state index in [2.05, 4.69) is 21.2 Å². The quantitative estimate of drug-likeness (QED) is 0.801. The van der Waals surface area contributed by atoms with Gasteiger partial charge in [-0.15, -0.1) is 0 Å². The van der Waals surface area contributed by atoms with Crippen LogP contribution in [0.2, 0.25) is 0 Å². The van der Waals surface area contributed by atoms with Crippen LogP contribution < -0.4 is 5.32 Å². The normalized spacial score (nSPS) is 12.1. The Bertz CT molecular complexity index is 506. The van der Waals surface area contributed by atoms with E-state index in [1.165, 1.54) is 24.5 Å². The fraction of sp³-hybridized carbons (Fsp3) is 0.455. The van der Waals surface area contributed by atoms with Crippen molar-refractivity contribution in [2.75, 3.05) is 26.4 Å². The summed E-state index contributed by atoms with van der Waals surface area (Å²) in [7, 11) is -0.153. The lowest BCUT2D eigenvalue weighted by molar-refractivity contribution is 0.517. The molecule has 18 heavy (non-hydrogen) atoms. The maximum Gasteiger partial charge on any atom is 0.214 e. The van der Waals surface area contributed by atoms with Gasteiger partial charge in [-0.3, -0.25) is 0 Å². The van der Waals surface area contributed by atoms with E-state index < -0.39 is 10.0 Å². The Labute approximate surface area is 115 Å². The minimum Gasteiger partial charge on any atom is -0.312 e. The second-order valence-corrected chi connectivity index (χ2v) is 7.18. The van der Waals surface area contributed by atoms with Crippen LogP contribution in [0.3, 0.4) is 0 Å². The van der Waals surface area contributed by atoms with Gasteiger partial charge in [0.15, 0.2) is 0 Å². The number of sulfonamides is 1. The fourth-order valence-corrected chi connectivity index (χ4v) is 2.46. The van der Waals surface area contributed by atoms with Crippen LogP contribution in [0.4, 0.5) is 4.39 Å². The van der Waals surface area contributed by atoms with Crippen LogP contribution in [0.1, 0.15) is 5.56 Å². The Morgan fingerprint density at radius 1 is 1.39 bits per heavy atom. The molecule has 0 aliphatic rings. The zero-order chi connectivity index (χ0) is 13.8. The van der Waals surface area contributed by atoms with Gasteiger partial charge in [-0.1, -0.05) is 6.07 Å². The van der Waals surface area contributed by atoms with Crippen molar-refractivity contribution in [3.8, 4) is 0 Å². The van der Waals surface area contributed by atoms with Crippen molar-refractivity contribution in [1.29, 1.82) is 0 Å². The van der Waals surface area contributed by atoms with Crippen LogP contribution in [0.15, 0.2) is 22.7 Å². The number of halogens is 2. The third-order valence-corrected chi connectivity index (χ3v) is 4.85. The standard InChI is InChI=1S/C11H16BrFN2O2S/c1-15(2)18(16,17)6-5-14-8-9-3-4-11(13)10(12)7-9/h3-4,7,14H,5-6,8H2,1-2H3. The zero-order valence-corrected chi connectivity index (χ0v) is 12.7. The van der Waals surface area contributed by atoms with Gasteiger partial charge < -0.3 is 5.32 Å². The summed E-state index contributed by atoms with van der Waals surface area (Å²) in [6, 6.07) is 4.70. The highest BCUT2D eigenvalue weighted by Crippen LogP contribution is 2.16. The fourth-order valence-electron chi connectivity index (χ4n) is 1.27. The molecule has 0 aliphatic carbocycles. The molecule has 0 radical (unpaired) electrons. The Kier molecular flexibility index (Phi) is 5.71. The van der Waals surface area contributed by atoms with Crippen LogP contribution in [-0.4, -0.2) is 39.1 Å². The van der Waals surface area contributed by atoms with Gasteiger partial charge in [0.25, 0.3) is 0 Å². The van der Waals surface area contributed by atoms with E-state index in [-0.39, 0.29) is 11.6 Å². The third kappa shape index (κ3) is 4.64. The van der Waals surface area contributed by atoms with Crippen molar-refractivity contribution in [1.82, 2.24) is 9.62 Å². The zero-order valence-electron chi connectivity index (χ0n) is 10.3. The first-order valence-corrected chi connectivity index (χ1v) is 7.78. The monoisotopic (exact) mass is 338 g/mol. The summed E-state index contributed by atoms with van der Waals surface area (Å²) in [5.41, 5.74) is 0.894. The van der Waals surface area contributed by atoms with Gasteiger partial charge >= 0.3 is 0 Å². The number of nitrogens with zero attached hydrogens (tertiary/aromatic N) is 1. The molecule has 0 spiro atoms. The minimum absolute atomic E-state index is 0.0440. The average Bonchev–Trinajstić information content (AvgIpc) is 2.29. The molecule has 0 unspecified atom stereocenters. The molecule has 1 aromatic rings. The van der Waals surface area contributed by atoms with Gasteiger partial charge in [-0.2, -0.15) is 0 Å². The van der Waals surface area contributed by atoms with E-state index >= 15 is 0 Å². The van der Waals surface area contributed by atoms with Gasteiger partial charge in [0.2, 0.25) is 10.0 Å². The van der Waals surface area contributed by atoms with Crippen molar-refractivity contribution in [3.05, 3.63) is 34.1 Å². The molecule has 0 bridgehead atoms. The largest absolute Gasteiger partial charge is 0.312 e. The van der Waals surface area contributed by atoms with E-state index in [0.717, 1.165) is 5.56 Å². The number of nitrogens with one attached hydrogen (secondary N) is 1. The molecular weight excluding hydrogens is 323 g/mol. The highest BCUT2D eigenvalue weighted by atomic mass is 79.9. The van der Waals surface area contributed by atoms with Crippen LogP contribution >= 0.6 is 15.9 Å². The lowest BCUT2D eigenvalue weighted by Crippen LogP contribution is -2.31. The highest BCUT2D eigenvalue weighted by Gasteiger charge is 2.12. The van der Waals surface area contributed by atoms with E-state index in [4.69, 9.17) is 0 Å². The Morgan fingerprint density at radius 2 is 2.06 bits per heavy atom. The van der Waals surface area contributed by atoms with Crippen molar-refractivity contribution in [3.63, 3.8) is 0 Å². The lowest BCUT2D eigenvalue weighted by Gasteiger charge is -2.11. The Balaban J connectivity index is 2.41. The summed E-state index contributed by atoms with van der Waals surface area (Å²) in [5.74, 6) is -0.267. The second-order valence-electron chi connectivity index (χ2n) is 4.02. The maximum absolute atomic E-state index is 13.0. The summed E-state index contributed by atoms with van der Waals surface area (Å²) < 4.78 is 37.5. The molecule has 0 saturated heterocycles. The number of rotatable bonds is 6. The van der Waals surface area contributed by atoms with E-state index in [1.807, 2.05) is 0 Å². The van der Waals surface area contributed by atoms with E-state index in [1.54, 1.807) is 12.1 Å². The van der Waals surface area contributed by atoms with Crippen molar-refractivity contribution in [2.45, 2.75) is 6.54 Å². The Hall–Kier alpha value is -0.500. The molecule has 0 amide bonds. The molecule has 0 fully saturated rings. The molecule has 1 N–H and O–H groups in total. The molecule has 4 nitrogen and oxygen atoms in total. The van der Waals surface area contributed by atoms with Crippen LogP contribution in [0.5, 0.6) is 0 Å². The summed E-state index contributed by atoms with van der Waals surface area (Å²) in [6.45, 7) is 0.858. The molecule has 0 heterocycles. The van der Waals surface area contributed by atoms with E-state index in [9.17, 15) is 12.8 Å².